The van der Waals surface area contributed by atoms with Gasteiger partial charge in [0.05, 0.1) is 52.4 Å². The fourth-order valence-electron chi connectivity index (χ4n) is 4.91. The van der Waals surface area contributed by atoms with Crippen LogP contribution in [0.3, 0.4) is 0 Å². The third-order valence-corrected chi connectivity index (χ3v) is 8.68. The molecule has 0 aliphatic rings. The van der Waals surface area contributed by atoms with Crippen LogP contribution in [0, 0.1) is 13.8 Å². The largest absolute Gasteiger partial charge is 0.494 e. The van der Waals surface area contributed by atoms with E-state index >= 15 is 0 Å². The summed E-state index contributed by atoms with van der Waals surface area (Å²) in [5, 5.41) is 5.74. The van der Waals surface area contributed by atoms with Crippen LogP contribution in [0.15, 0.2) is 82.0 Å². The van der Waals surface area contributed by atoms with Crippen LogP contribution < -0.4 is 20.1 Å². The molecule has 52 heavy (non-hydrogen) atoms. The minimum atomic E-state index is -0.509. The van der Waals surface area contributed by atoms with E-state index in [1.165, 1.54) is 14.2 Å². The summed E-state index contributed by atoms with van der Waals surface area (Å²) >= 11 is 6.53. The highest BCUT2D eigenvalue weighted by atomic mass is 79.9. The van der Waals surface area contributed by atoms with Gasteiger partial charge in [-0.05, 0) is 101 Å². The van der Waals surface area contributed by atoms with Crippen molar-refractivity contribution in [1.82, 2.24) is 20.6 Å². The Labute approximate surface area is 320 Å². The van der Waals surface area contributed by atoms with Gasteiger partial charge in [-0.1, -0.05) is 54.1 Å². The molecule has 0 fully saturated rings. The van der Waals surface area contributed by atoms with E-state index < -0.39 is 12.1 Å². The second-order valence-electron chi connectivity index (χ2n) is 11.2. The summed E-state index contributed by atoms with van der Waals surface area (Å²) in [5.74, 6) is -0.451. The van der Waals surface area contributed by atoms with E-state index in [-0.39, 0.29) is 48.0 Å². The van der Waals surface area contributed by atoms with Crippen molar-refractivity contribution in [3.63, 3.8) is 0 Å². The maximum absolute atomic E-state index is 12.6. The van der Waals surface area contributed by atoms with E-state index in [9.17, 15) is 19.2 Å². The van der Waals surface area contributed by atoms with Gasteiger partial charge in [-0.3, -0.25) is 19.2 Å². The number of benzene rings is 2. The van der Waals surface area contributed by atoms with Crippen LogP contribution in [-0.4, -0.2) is 61.2 Å². The zero-order valence-electron chi connectivity index (χ0n) is 29.8. The van der Waals surface area contributed by atoms with E-state index in [0.717, 1.165) is 22.3 Å². The predicted molar refractivity (Wildman–Crippen MR) is 202 cm³/mol. The Hall–Kier alpha value is -4.82. The molecule has 0 saturated heterocycles. The molecular formula is C38H42Br2N4O8. The second kappa shape index (κ2) is 20.9. The number of ether oxygens (including phenoxy) is 4. The molecule has 2 aromatic carbocycles. The lowest BCUT2D eigenvalue weighted by molar-refractivity contribution is -0.144. The molecule has 0 unspecified atom stereocenters. The van der Waals surface area contributed by atoms with Gasteiger partial charge in [0.2, 0.25) is 0 Å². The molecule has 2 heterocycles. The van der Waals surface area contributed by atoms with Gasteiger partial charge < -0.3 is 29.6 Å². The molecule has 0 bridgehead atoms. The van der Waals surface area contributed by atoms with Gasteiger partial charge >= 0.3 is 11.9 Å². The van der Waals surface area contributed by atoms with Gasteiger partial charge in [0.15, 0.2) is 11.5 Å². The van der Waals surface area contributed by atoms with Crippen LogP contribution in [0.1, 0.15) is 82.0 Å². The topological polar surface area (TPSA) is 155 Å². The van der Waals surface area contributed by atoms with E-state index in [1.807, 2.05) is 62.4 Å². The lowest BCUT2D eigenvalue weighted by atomic mass is 9.98. The number of rotatable bonds is 14. The van der Waals surface area contributed by atoms with Crippen molar-refractivity contribution in [3.05, 3.63) is 116 Å². The number of halogens is 2. The standard InChI is InChI=1S/2C19H21BrN2O4/c1-4-26-17(23)11-15(13-7-5-12(2)6-8-13)22-19(24)14-9-10-16(25-3)18(20)21-14;1-4-26-17(23)11-15(13-8-6-5-7-12(13)2)22-19(24)14-9-10-16(25-3)18(20)21-14/h2*5-10,15H,4,11H2,1-3H3,(H,22,24)/t2*15-/m00/s1. The van der Waals surface area contributed by atoms with Crippen molar-refractivity contribution < 1.29 is 38.1 Å². The van der Waals surface area contributed by atoms with Gasteiger partial charge in [0.1, 0.15) is 20.6 Å². The van der Waals surface area contributed by atoms with Crippen molar-refractivity contribution in [2.24, 2.45) is 0 Å². The Morgan fingerprint density at radius 3 is 1.56 bits per heavy atom. The summed E-state index contributed by atoms with van der Waals surface area (Å²) < 4.78 is 21.2. The lowest BCUT2D eigenvalue weighted by Gasteiger charge is -2.20. The summed E-state index contributed by atoms with van der Waals surface area (Å²) in [7, 11) is 3.04. The van der Waals surface area contributed by atoms with Crippen LogP contribution in [0.4, 0.5) is 0 Å². The summed E-state index contributed by atoms with van der Waals surface area (Å²) in [5.41, 5.74) is 4.20. The molecule has 0 spiro atoms. The van der Waals surface area contributed by atoms with E-state index in [0.29, 0.717) is 33.9 Å². The van der Waals surface area contributed by atoms with Gasteiger partial charge in [-0.15, -0.1) is 0 Å². The van der Waals surface area contributed by atoms with E-state index in [2.05, 4.69) is 52.5 Å². The van der Waals surface area contributed by atoms with Crippen molar-refractivity contribution in [1.29, 1.82) is 0 Å². The molecule has 0 aliphatic carbocycles. The van der Waals surface area contributed by atoms with Gasteiger partial charge in [0.25, 0.3) is 11.8 Å². The van der Waals surface area contributed by atoms with Crippen LogP contribution >= 0.6 is 31.9 Å². The van der Waals surface area contributed by atoms with Gasteiger partial charge in [-0.2, -0.15) is 0 Å². The number of aryl methyl sites for hydroxylation is 2. The SMILES string of the molecule is CCOC(=O)C[C@H](NC(=O)c1ccc(OC)c(Br)n1)c1ccc(C)cc1.CCOC(=O)C[C@H](NC(=O)c1ccc(OC)c(Br)n1)c1ccccc1C. The minimum Gasteiger partial charge on any atom is -0.494 e. The van der Waals surface area contributed by atoms with Gasteiger partial charge in [0, 0.05) is 0 Å². The Morgan fingerprint density at radius 1 is 0.654 bits per heavy atom. The van der Waals surface area contributed by atoms with Crippen LogP contribution in [0.5, 0.6) is 11.5 Å². The maximum Gasteiger partial charge on any atom is 0.308 e. The number of esters is 2. The van der Waals surface area contributed by atoms with Crippen molar-refractivity contribution in [2.45, 2.75) is 52.6 Å². The molecule has 2 N–H and O–H groups in total. The second-order valence-corrected chi connectivity index (χ2v) is 12.7. The van der Waals surface area contributed by atoms with Crippen LogP contribution in [0.25, 0.3) is 0 Å². The first kappa shape index (κ1) is 41.6. The number of hydrogen-bond donors (Lipinski definition) is 2. The van der Waals surface area contributed by atoms with Crippen LogP contribution in [0.2, 0.25) is 0 Å². The zero-order chi connectivity index (χ0) is 38.2. The van der Waals surface area contributed by atoms with E-state index in [4.69, 9.17) is 18.9 Å². The Bertz CT molecular complexity index is 1840. The number of methoxy groups -OCH3 is 2. The number of aromatic nitrogens is 2. The monoisotopic (exact) mass is 840 g/mol. The first-order valence-corrected chi connectivity index (χ1v) is 17.9. The number of pyridine rings is 2. The quantitative estimate of drug-likeness (QED) is 0.0987. The fourth-order valence-corrected chi connectivity index (χ4v) is 5.88. The summed E-state index contributed by atoms with van der Waals surface area (Å²) in [6.07, 6.45) is 0.0850. The highest BCUT2D eigenvalue weighted by molar-refractivity contribution is 9.10. The number of carbonyl (C=O) groups excluding carboxylic acids is 4. The number of nitrogens with zero attached hydrogens (tertiary/aromatic N) is 2. The van der Waals surface area contributed by atoms with Crippen molar-refractivity contribution in [2.75, 3.05) is 27.4 Å². The highest BCUT2D eigenvalue weighted by Crippen LogP contribution is 2.26. The average Bonchev–Trinajstić information content (AvgIpc) is 3.12. The molecule has 2 amide bonds. The molecule has 14 heteroatoms. The molecular weight excluding hydrogens is 800 g/mol. The maximum atomic E-state index is 12.6. The summed E-state index contributed by atoms with van der Waals surface area (Å²) in [4.78, 5) is 57.5. The fraction of sp³-hybridized carbons (Fsp3) is 0.316. The number of nitrogens with one attached hydrogen (secondary N) is 2. The number of hydrogen-bond acceptors (Lipinski definition) is 10. The minimum absolute atomic E-state index is 0.0416. The van der Waals surface area contributed by atoms with E-state index in [1.54, 1.807) is 38.1 Å². The zero-order valence-corrected chi connectivity index (χ0v) is 33.0. The summed E-state index contributed by atoms with van der Waals surface area (Å²) in [6, 6.07) is 20.6. The Morgan fingerprint density at radius 2 is 1.12 bits per heavy atom. The molecule has 12 nitrogen and oxygen atoms in total. The molecule has 2 atom stereocenters. The molecule has 0 saturated carbocycles. The molecule has 0 aliphatic heterocycles. The Balaban J connectivity index is 0.000000280. The molecule has 0 radical (unpaired) electrons. The molecule has 4 aromatic rings. The molecule has 276 valence electrons. The van der Waals surface area contributed by atoms with Crippen molar-refractivity contribution in [3.8, 4) is 11.5 Å². The molecule has 2 aromatic heterocycles. The smallest absolute Gasteiger partial charge is 0.308 e. The van der Waals surface area contributed by atoms with Crippen LogP contribution in [-0.2, 0) is 19.1 Å². The Kier molecular flexibility index (Phi) is 16.7. The lowest BCUT2D eigenvalue weighted by Crippen LogP contribution is -2.31. The predicted octanol–water partition coefficient (Wildman–Crippen LogP) is 7.17. The number of amides is 2. The third kappa shape index (κ3) is 12.4. The first-order valence-electron chi connectivity index (χ1n) is 16.4. The number of carbonyl (C=O) groups is 4. The van der Waals surface area contributed by atoms with Crippen molar-refractivity contribution >= 4 is 55.6 Å². The normalized spacial score (nSPS) is 11.5. The molecule has 4 rings (SSSR count). The summed E-state index contributed by atoms with van der Waals surface area (Å²) in [6.45, 7) is 7.98. The third-order valence-electron chi connectivity index (χ3n) is 7.54. The van der Waals surface area contributed by atoms with Gasteiger partial charge in [-0.25, -0.2) is 9.97 Å². The first-order chi connectivity index (χ1) is 24.9. The highest BCUT2D eigenvalue weighted by Gasteiger charge is 2.23. The average molecular weight is 843 g/mol.